The molecule has 0 spiro atoms. The van der Waals surface area contributed by atoms with Crippen LogP contribution in [0.4, 0.5) is 5.69 Å². The van der Waals surface area contributed by atoms with Gasteiger partial charge in [0, 0.05) is 17.7 Å². The molecule has 2 rings (SSSR count). The van der Waals surface area contributed by atoms with E-state index in [1.54, 1.807) is 43.4 Å². The summed E-state index contributed by atoms with van der Waals surface area (Å²) < 4.78 is 5.33. The molecule has 0 unspecified atom stereocenters. The van der Waals surface area contributed by atoms with Crippen LogP contribution in [0.2, 0.25) is 0 Å². The average molecular weight is 349 g/mol. The summed E-state index contributed by atoms with van der Waals surface area (Å²) in [5.74, 6) is -0.816. The zero-order valence-electron chi connectivity index (χ0n) is 11.5. The molecular weight excluding hydrogens is 336 g/mol. The van der Waals surface area contributed by atoms with Crippen LogP contribution in [0.25, 0.3) is 0 Å². The van der Waals surface area contributed by atoms with Crippen molar-refractivity contribution in [3.05, 3.63) is 58.3 Å². The lowest BCUT2D eigenvalue weighted by atomic mass is 10.1. The summed E-state index contributed by atoms with van der Waals surface area (Å²) in [5, 5.41) is 0. The number of para-hydroxylation sites is 1. The number of pyridine rings is 1. The van der Waals surface area contributed by atoms with Gasteiger partial charge in [-0.1, -0.05) is 12.1 Å². The van der Waals surface area contributed by atoms with Crippen LogP contribution in [0.15, 0.2) is 47.1 Å². The van der Waals surface area contributed by atoms with Crippen molar-refractivity contribution < 1.29 is 14.3 Å². The number of methoxy groups -OCH3 is 1. The van der Waals surface area contributed by atoms with Crippen molar-refractivity contribution >= 4 is 33.5 Å². The number of nitrogens with zero attached hydrogens (tertiary/aromatic N) is 2. The van der Waals surface area contributed by atoms with Crippen LogP contribution >= 0.6 is 15.9 Å². The second kappa shape index (κ2) is 6.49. The highest BCUT2D eigenvalue weighted by atomic mass is 79.9. The number of hydrogen-bond acceptors (Lipinski definition) is 4. The maximum atomic E-state index is 12.5. The summed E-state index contributed by atoms with van der Waals surface area (Å²) in [6, 6.07) is 10.2. The van der Waals surface area contributed by atoms with E-state index in [2.05, 4.69) is 20.9 Å². The van der Waals surface area contributed by atoms with Gasteiger partial charge in [-0.2, -0.15) is 0 Å². The first-order valence-electron chi connectivity index (χ1n) is 6.12. The highest BCUT2D eigenvalue weighted by molar-refractivity contribution is 9.10. The van der Waals surface area contributed by atoms with Gasteiger partial charge in [0.1, 0.15) is 5.69 Å². The van der Waals surface area contributed by atoms with E-state index in [-0.39, 0.29) is 11.6 Å². The zero-order valence-corrected chi connectivity index (χ0v) is 13.1. The van der Waals surface area contributed by atoms with Crippen molar-refractivity contribution in [2.24, 2.45) is 0 Å². The lowest BCUT2D eigenvalue weighted by Gasteiger charge is -2.19. The molecule has 1 heterocycles. The molecule has 0 aliphatic carbocycles. The van der Waals surface area contributed by atoms with Gasteiger partial charge in [0.25, 0.3) is 5.91 Å². The summed E-state index contributed by atoms with van der Waals surface area (Å²) >= 11 is 3.30. The van der Waals surface area contributed by atoms with Crippen LogP contribution in [-0.4, -0.2) is 31.0 Å². The number of amides is 1. The number of hydrogen-bond donors (Lipinski definition) is 0. The standard InChI is InChI=1S/C15H13BrN2O3/c1-18(14(19)13-11(16)7-5-9-17-13)12-8-4-3-6-10(12)15(20)21-2/h3-9H,1-2H3. The molecule has 0 atom stereocenters. The van der Waals surface area contributed by atoms with E-state index in [0.717, 1.165) is 0 Å². The minimum absolute atomic E-state index is 0.277. The Bertz CT molecular complexity index is 688. The SMILES string of the molecule is COC(=O)c1ccccc1N(C)C(=O)c1ncccc1Br. The number of benzene rings is 1. The number of carbonyl (C=O) groups excluding carboxylic acids is 2. The van der Waals surface area contributed by atoms with Gasteiger partial charge < -0.3 is 9.64 Å². The van der Waals surface area contributed by atoms with Gasteiger partial charge in [-0.15, -0.1) is 0 Å². The smallest absolute Gasteiger partial charge is 0.339 e. The third-order valence-corrected chi connectivity index (χ3v) is 3.58. The van der Waals surface area contributed by atoms with Crippen molar-refractivity contribution in [3.63, 3.8) is 0 Å². The van der Waals surface area contributed by atoms with Crippen LogP contribution in [-0.2, 0) is 4.74 Å². The van der Waals surface area contributed by atoms with Gasteiger partial charge in [0.2, 0.25) is 0 Å². The Kier molecular flexibility index (Phi) is 4.70. The first-order chi connectivity index (χ1) is 10.1. The molecule has 2 aromatic rings. The summed E-state index contributed by atoms with van der Waals surface area (Å²) in [4.78, 5) is 29.7. The first-order valence-corrected chi connectivity index (χ1v) is 6.91. The van der Waals surface area contributed by atoms with Gasteiger partial charge in [0.15, 0.2) is 0 Å². The van der Waals surface area contributed by atoms with Gasteiger partial charge >= 0.3 is 5.97 Å². The lowest BCUT2D eigenvalue weighted by molar-refractivity contribution is 0.0601. The van der Waals surface area contributed by atoms with Crippen molar-refractivity contribution in [1.82, 2.24) is 4.98 Å². The Morgan fingerprint density at radius 2 is 1.90 bits per heavy atom. The maximum absolute atomic E-state index is 12.5. The molecular formula is C15H13BrN2O3. The van der Waals surface area contributed by atoms with E-state index in [1.807, 2.05) is 0 Å². The molecule has 21 heavy (non-hydrogen) atoms. The number of aromatic nitrogens is 1. The first kappa shape index (κ1) is 15.2. The number of halogens is 1. The molecule has 108 valence electrons. The number of esters is 1. The Balaban J connectivity index is 2.41. The quantitative estimate of drug-likeness (QED) is 0.800. The minimum Gasteiger partial charge on any atom is -0.465 e. The van der Waals surface area contributed by atoms with Crippen LogP contribution in [0.3, 0.4) is 0 Å². The minimum atomic E-state index is -0.495. The van der Waals surface area contributed by atoms with Gasteiger partial charge in [-0.05, 0) is 40.2 Å². The molecule has 0 bridgehead atoms. The van der Waals surface area contributed by atoms with E-state index in [1.165, 1.54) is 18.2 Å². The van der Waals surface area contributed by atoms with Crippen LogP contribution in [0.5, 0.6) is 0 Å². The molecule has 1 aromatic heterocycles. The summed E-state index contributed by atoms with van der Waals surface area (Å²) in [6.45, 7) is 0. The predicted octanol–water partition coefficient (Wildman–Crippen LogP) is 2.91. The van der Waals surface area contributed by atoms with Crippen molar-refractivity contribution in [3.8, 4) is 0 Å². The summed E-state index contributed by atoms with van der Waals surface area (Å²) in [7, 11) is 2.89. The molecule has 0 N–H and O–H groups in total. The van der Waals surface area contributed by atoms with Crippen LogP contribution < -0.4 is 4.90 Å². The number of ether oxygens (including phenoxy) is 1. The second-order valence-electron chi connectivity index (χ2n) is 4.21. The highest BCUT2D eigenvalue weighted by Gasteiger charge is 2.22. The van der Waals surface area contributed by atoms with Crippen molar-refractivity contribution in [1.29, 1.82) is 0 Å². The van der Waals surface area contributed by atoms with Crippen LogP contribution in [0.1, 0.15) is 20.8 Å². The highest BCUT2D eigenvalue weighted by Crippen LogP contribution is 2.23. The van der Waals surface area contributed by atoms with Gasteiger partial charge in [-0.3, -0.25) is 4.79 Å². The molecule has 0 radical (unpaired) electrons. The monoisotopic (exact) mass is 348 g/mol. The fourth-order valence-electron chi connectivity index (χ4n) is 1.86. The fourth-order valence-corrected chi connectivity index (χ4v) is 2.28. The van der Waals surface area contributed by atoms with Crippen molar-refractivity contribution in [2.45, 2.75) is 0 Å². The molecule has 0 saturated carbocycles. The molecule has 0 saturated heterocycles. The largest absolute Gasteiger partial charge is 0.465 e. The van der Waals surface area contributed by atoms with E-state index < -0.39 is 5.97 Å². The summed E-state index contributed by atoms with van der Waals surface area (Å²) in [6.07, 6.45) is 1.54. The topological polar surface area (TPSA) is 59.5 Å². The maximum Gasteiger partial charge on any atom is 0.339 e. The predicted molar refractivity (Wildman–Crippen MR) is 82.5 cm³/mol. The Morgan fingerprint density at radius 3 is 2.57 bits per heavy atom. The molecule has 0 aliphatic rings. The zero-order chi connectivity index (χ0) is 15.4. The van der Waals surface area contributed by atoms with E-state index in [0.29, 0.717) is 15.7 Å². The van der Waals surface area contributed by atoms with Gasteiger partial charge in [-0.25, -0.2) is 9.78 Å². The average Bonchev–Trinajstić information content (AvgIpc) is 2.53. The molecule has 0 aliphatic heterocycles. The Hall–Kier alpha value is -2.21. The molecule has 1 amide bonds. The van der Waals surface area contributed by atoms with E-state index in [4.69, 9.17) is 4.74 Å². The third kappa shape index (κ3) is 3.11. The molecule has 0 fully saturated rings. The Morgan fingerprint density at radius 1 is 1.19 bits per heavy atom. The van der Waals surface area contributed by atoms with Crippen molar-refractivity contribution in [2.75, 3.05) is 19.1 Å². The Labute approximate surface area is 130 Å². The fraction of sp³-hybridized carbons (Fsp3) is 0.133. The number of anilines is 1. The van der Waals surface area contributed by atoms with E-state index in [9.17, 15) is 9.59 Å². The number of rotatable bonds is 3. The third-order valence-electron chi connectivity index (χ3n) is 2.94. The van der Waals surface area contributed by atoms with E-state index >= 15 is 0 Å². The lowest BCUT2D eigenvalue weighted by Crippen LogP contribution is -2.29. The second-order valence-corrected chi connectivity index (χ2v) is 5.06. The molecule has 1 aromatic carbocycles. The summed E-state index contributed by atoms with van der Waals surface area (Å²) in [5.41, 5.74) is 1.06. The molecule has 5 nitrogen and oxygen atoms in total. The normalized spacial score (nSPS) is 10.0. The molecule has 6 heteroatoms. The number of carbonyl (C=O) groups is 2. The van der Waals surface area contributed by atoms with Crippen LogP contribution in [0, 0.1) is 0 Å². The van der Waals surface area contributed by atoms with Gasteiger partial charge in [0.05, 0.1) is 18.4 Å².